The Hall–Kier alpha value is -0.650. The van der Waals surface area contributed by atoms with Gasteiger partial charge in [-0.25, -0.2) is 4.39 Å². The minimum absolute atomic E-state index is 0.0692. The highest BCUT2D eigenvalue weighted by molar-refractivity contribution is 9.10. The summed E-state index contributed by atoms with van der Waals surface area (Å²) in [6.45, 7) is 8.04. The van der Waals surface area contributed by atoms with Crippen molar-refractivity contribution in [3.8, 4) is 5.75 Å². The van der Waals surface area contributed by atoms with Gasteiger partial charge in [0, 0.05) is 37.8 Å². The van der Waals surface area contributed by atoms with E-state index < -0.39 is 5.82 Å². The van der Waals surface area contributed by atoms with Crippen LogP contribution in [0.4, 0.5) is 4.39 Å². The third-order valence-electron chi connectivity index (χ3n) is 3.75. The van der Waals surface area contributed by atoms with E-state index >= 15 is 0 Å². The number of phenolic OH excluding ortho intramolecular Hbond substituents is 1. The molecule has 1 aromatic carbocycles. The number of phenols is 1. The van der Waals surface area contributed by atoms with E-state index in [9.17, 15) is 9.50 Å². The van der Waals surface area contributed by atoms with Crippen LogP contribution in [0.1, 0.15) is 31.9 Å². The fourth-order valence-corrected chi connectivity index (χ4v) is 3.06. The average Bonchev–Trinajstić information content (AvgIpc) is 2.44. The number of aromatic hydroxyl groups is 1. The number of nitrogens with zero attached hydrogens (tertiary/aromatic N) is 1. The number of hydrogen-bond acceptors (Lipinski definition) is 3. The molecule has 1 fully saturated rings. The average molecular weight is 345 g/mol. The lowest BCUT2D eigenvalue weighted by atomic mass is 9.94. The van der Waals surface area contributed by atoms with Crippen molar-refractivity contribution in [2.75, 3.05) is 26.2 Å². The van der Waals surface area contributed by atoms with Crippen molar-refractivity contribution < 1.29 is 9.50 Å². The van der Waals surface area contributed by atoms with Gasteiger partial charge in [0.05, 0.1) is 4.47 Å². The molecule has 5 heteroatoms. The van der Waals surface area contributed by atoms with Crippen LogP contribution in [-0.4, -0.2) is 36.2 Å². The molecule has 2 rings (SSSR count). The first kappa shape index (κ1) is 15.7. The molecular formula is C15H22BrFN2O. The Kier molecular flexibility index (Phi) is 5.41. The summed E-state index contributed by atoms with van der Waals surface area (Å²) in [4.78, 5) is 2.33. The van der Waals surface area contributed by atoms with Gasteiger partial charge in [0.2, 0.25) is 0 Å². The predicted octanol–water partition coefficient (Wildman–Crippen LogP) is 3.29. The maximum Gasteiger partial charge on any atom is 0.179 e. The highest BCUT2D eigenvalue weighted by Gasteiger charge is 2.26. The zero-order valence-corrected chi connectivity index (χ0v) is 13.6. The minimum Gasteiger partial charge on any atom is -0.505 e. The molecule has 0 unspecified atom stereocenters. The van der Waals surface area contributed by atoms with Crippen molar-refractivity contribution in [3.63, 3.8) is 0 Å². The molecule has 2 N–H and O–H groups in total. The molecule has 0 amide bonds. The van der Waals surface area contributed by atoms with Crippen LogP contribution in [0.2, 0.25) is 0 Å². The normalized spacial score (nSPS) is 18.4. The van der Waals surface area contributed by atoms with Gasteiger partial charge in [-0.2, -0.15) is 0 Å². The molecule has 112 valence electrons. The molecule has 1 atom stereocenters. The summed E-state index contributed by atoms with van der Waals surface area (Å²) in [6.07, 6.45) is 0.911. The molecule has 3 nitrogen and oxygen atoms in total. The Balaban J connectivity index is 2.32. The molecule has 0 bridgehead atoms. The second-order valence-electron chi connectivity index (χ2n) is 5.73. The molecule has 0 aromatic heterocycles. The van der Waals surface area contributed by atoms with E-state index in [2.05, 4.69) is 40.0 Å². The topological polar surface area (TPSA) is 35.5 Å². The molecular weight excluding hydrogens is 323 g/mol. The van der Waals surface area contributed by atoms with Crippen LogP contribution in [0, 0.1) is 11.7 Å². The number of hydrogen-bond donors (Lipinski definition) is 2. The third-order valence-corrected chi connectivity index (χ3v) is 4.36. The van der Waals surface area contributed by atoms with Crippen LogP contribution >= 0.6 is 15.9 Å². The molecule has 1 aromatic rings. The summed E-state index contributed by atoms with van der Waals surface area (Å²) in [5.41, 5.74) is 0.696. The van der Waals surface area contributed by atoms with Crippen molar-refractivity contribution in [2.45, 2.75) is 26.3 Å². The lowest BCUT2D eigenvalue weighted by Gasteiger charge is -2.36. The second kappa shape index (κ2) is 6.87. The Labute approximate surface area is 128 Å². The first-order chi connectivity index (χ1) is 9.50. The van der Waals surface area contributed by atoms with Crippen molar-refractivity contribution in [1.82, 2.24) is 10.2 Å². The number of benzene rings is 1. The van der Waals surface area contributed by atoms with E-state index in [4.69, 9.17) is 0 Å². The smallest absolute Gasteiger partial charge is 0.179 e. The third kappa shape index (κ3) is 3.51. The van der Waals surface area contributed by atoms with Crippen molar-refractivity contribution in [1.29, 1.82) is 0 Å². The van der Waals surface area contributed by atoms with E-state index in [0.717, 1.165) is 32.6 Å². The first-order valence-corrected chi connectivity index (χ1v) is 7.91. The van der Waals surface area contributed by atoms with Gasteiger partial charge >= 0.3 is 0 Å². The number of rotatable bonds is 4. The van der Waals surface area contributed by atoms with E-state index in [-0.39, 0.29) is 11.8 Å². The standard InChI is InChI=1S/C15H22BrFN2O/c1-10(2)9-13(19-7-5-18-6-8-19)11-3-4-12(16)14(17)15(11)20/h3-4,10,13,18,20H,5-9H2,1-2H3/t13-/m0/s1. The monoisotopic (exact) mass is 344 g/mol. The lowest BCUT2D eigenvalue weighted by molar-refractivity contribution is 0.151. The van der Waals surface area contributed by atoms with Crippen LogP contribution < -0.4 is 5.32 Å². The van der Waals surface area contributed by atoms with Crippen LogP contribution in [-0.2, 0) is 0 Å². The molecule has 0 saturated carbocycles. The SMILES string of the molecule is CC(C)C[C@@H](c1ccc(Br)c(F)c1O)N1CCNCC1. The van der Waals surface area contributed by atoms with Gasteiger partial charge in [-0.3, -0.25) is 4.90 Å². The fourth-order valence-electron chi connectivity index (χ4n) is 2.74. The Bertz CT molecular complexity index is 461. The van der Waals surface area contributed by atoms with E-state index in [1.165, 1.54) is 0 Å². The maximum atomic E-state index is 13.9. The number of nitrogens with one attached hydrogen (secondary N) is 1. The lowest BCUT2D eigenvalue weighted by Crippen LogP contribution is -2.45. The molecule has 1 heterocycles. The molecule has 20 heavy (non-hydrogen) atoms. The molecule has 1 aliphatic heterocycles. The summed E-state index contributed by atoms with van der Waals surface area (Å²) >= 11 is 3.12. The Morgan fingerprint density at radius 2 is 2.00 bits per heavy atom. The van der Waals surface area contributed by atoms with Crippen LogP contribution in [0.15, 0.2) is 16.6 Å². The van der Waals surface area contributed by atoms with Crippen LogP contribution in [0.5, 0.6) is 5.75 Å². The van der Waals surface area contributed by atoms with Gasteiger partial charge < -0.3 is 10.4 Å². The Morgan fingerprint density at radius 1 is 1.35 bits per heavy atom. The first-order valence-electron chi connectivity index (χ1n) is 7.12. The van der Waals surface area contributed by atoms with Crippen LogP contribution in [0.25, 0.3) is 0 Å². The predicted molar refractivity (Wildman–Crippen MR) is 82.4 cm³/mol. The van der Waals surface area contributed by atoms with Crippen molar-refractivity contribution in [3.05, 3.63) is 28.0 Å². The summed E-state index contributed by atoms with van der Waals surface area (Å²) < 4.78 is 14.2. The van der Waals surface area contributed by atoms with E-state index in [0.29, 0.717) is 16.0 Å². The van der Waals surface area contributed by atoms with Crippen LogP contribution in [0.3, 0.4) is 0 Å². The Morgan fingerprint density at radius 3 is 2.60 bits per heavy atom. The van der Waals surface area contributed by atoms with E-state index in [1.54, 1.807) is 6.07 Å². The quantitative estimate of drug-likeness (QED) is 0.879. The van der Waals surface area contributed by atoms with Gasteiger partial charge in [-0.15, -0.1) is 0 Å². The summed E-state index contributed by atoms with van der Waals surface area (Å²) in [6, 6.07) is 3.58. The van der Waals surface area contributed by atoms with Gasteiger partial charge in [-0.05, 0) is 34.3 Å². The highest BCUT2D eigenvalue weighted by atomic mass is 79.9. The van der Waals surface area contributed by atoms with Crippen molar-refractivity contribution >= 4 is 15.9 Å². The molecule has 0 radical (unpaired) electrons. The summed E-state index contributed by atoms with van der Waals surface area (Å²) in [5, 5.41) is 13.5. The fraction of sp³-hybridized carbons (Fsp3) is 0.600. The molecule has 0 aliphatic carbocycles. The minimum atomic E-state index is -0.564. The zero-order chi connectivity index (χ0) is 14.7. The molecule has 1 aliphatic rings. The second-order valence-corrected chi connectivity index (χ2v) is 6.58. The van der Waals surface area contributed by atoms with Gasteiger partial charge in [0.1, 0.15) is 0 Å². The summed E-state index contributed by atoms with van der Waals surface area (Å²) in [7, 11) is 0. The maximum absolute atomic E-state index is 13.9. The number of halogens is 2. The molecule has 0 spiro atoms. The highest BCUT2D eigenvalue weighted by Crippen LogP contribution is 2.37. The van der Waals surface area contributed by atoms with E-state index in [1.807, 2.05) is 6.07 Å². The zero-order valence-electron chi connectivity index (χ0n) is 12.0. The number of piperazine rings is 1. The van der Waals surface area contributed by atoms with Gasteiger partial charge in [-0.1, -0.05) is 19.9 Å². The van der Waals surface area contributed by atoms with Gasteiger partial charge in [0.15, 0.2) is 11.6 Å². The molecule has 1 saturated heterocycles. The summed E-state index contributed by atoms with van der Waals surface area (Å²) in [5.74, 6) is -0.295. The van der Waals surface area contributed by atoms with Gasteiger partial charge in [0.25, 0.3) is 0 Å². The van der Waals surface area contributed by atoms with Crippen molar-refractivity contribution in [2.24, 2.45) is 5.92 Å². The largest absolute Gasteiger partial charge is 0.505 e.